The number of rotatable bonds is 5. The Kier molecular flexibility index (Phi) is 4.93. The van der Waals surface area contributed by atoms with E-state index in [4.69, 9.17) is 5.73 Å². The lowest BCUT2D eigenvalue weighted by molar-refractivity contribution is -0.123. The number of nitrogens with two attached hydrogens (primary N) is 1. The van der Waals surface area contributed by atoms with E-state index in [1.807, 2.05) is 25.2 Å². The van der Waals surface area contributed by atoms with Crippen molar-refractivity contribution in [3.8, 4) is 0 Å². The minimum absolute atomic E-state index is 0.0590. The van der Waals surface area contributed by atoms with Gasteiger partial charge < -0.3 is 11.1 Å². The van der Waals surface area contributed by atoms with Gasteiger partial charge in [-0.25, -0.2) is 4.98 Å². The Balaban J connectivity index is 1.79. The molecule has 1 amide bonds. The molecule has 1 atom stereocenters. The maximum Gasteiger partial charge on any atom is 0.237 e. The maximum atomic E-state index is 11.7. The van der Waals surface area contributed by atoms with Gasteiger partial charge in [-0.05, 0) is 31.6 Å². The fourth-order valence-electron chi connectivity index (χ4n) is 2.23. The van der Waals surface area contributed by atoms with Crippen molar-refractivity contribution >= 4 is 17.2 Å². The lowest BCUT2D eigenvalue weighted by Crippen LogP contribution is -2.44. The number of aromatic nitrogens is 1. The van der Waals surface area contributed by atoms with Crippen LogP contribution in [0.4, 0.5) is 0 Å². The second kappa shape index (κ2) is 6.48. The zero-order valence-electron chi connectivity index (χ0n) is 11.7. The van der Waals surface area contributed by atoms with E-state index < -0.39 is 6.04 Å². The molecular formula is C14H23N3OS. The number of aryl methyl sites for hydroxylation is 2. The first-order valence-electron chi connectivity index (χ1n) is 7.08. The molecule has 0 unspecified atom stereocenters. The molecule has 5 heteroatoms. The Hall–Kier alpha value is -0.940. The molecule has 4 nitrogen and oxygen atoms in total. The summed E-state index contributed by atoms with van der Waals surface area (Å²) < 4.78 is 0. The van der Waals surface area contributed by atoms with Crippen molar-refractivity contribution in [1.82, 2.24) is 10.3 Å². The molecule has 2 rings (SSSR count). The average molecular weight is 281 g/mol. The van der Waals surface area contributed by atoms with Gasteiger partial charge in [0.15, 0.2) is 0 Å². The summed E-state index contributed by atoms with van der Waals surface area (Å²) in [4.78, 5) is 17.8. The minimum atomic E-state index is -0.412. The molecule has 0 spiro atoms. The second-order valence-corrected chi connectivity index (χ2v) is 6.66. The van der Waals surface area contributed by atoms with E-state index in [2.05, 4.69) is 10.3 Å². The SMILES string of the molecule is CC(C)[C@H](N)C(=O)NCCc1nc2c(s1)CCCC2. The van der Waals surface area contributed by atoms with Crippen LogP contribution >= 0.6 is 11.3 Å². The van der Waals surface area contributed by atoms with Crippen molar-refractivity contribution in [2.75, 3.05) is 6.54 Å². The molecular weight excluding hydrogens is 258 g/mol. The Bertz CT molecular complexity index is 418. The average Bonchev–Trinajstić information content (AvgIpc) is 2.80. The zero-order chi connectivity index (χ0) is 13.8. The molecule has 0 aromatic carbocycles. The third-order valence-corrected chi connectivity index (χ3v) is 4.77. The van der Waals surface area contributed by atoms with Crippen LogP contribution in [0.25, 0.3) is 0 Å². The van der Waals surface area contributed by atoms with E-state index in [-0.39, 0.29) is 11.8 Å². The van der Waals surface area contributed by atoms with Crippen LogP contribution < -0.4 is 11.1 Å². The van der Waals surface area contributed by atoms with Gasteiger partial charge in [0.25, 0.3) is 0 Å². The largest absolute Gasteiger partial charge is 0.354 e. The van der Waals surface area contributed by atoms with Crippen molar-refractivity contribution < 1.29 is 4.79 Å². The molecule has 1 aromatic rings. The Morgan fingerprint density at radius 3 is 2.84 bits per heavy atom. The summed E-state index contributed by atoms with van der Waals surface area (Å²) in [7, 11) is 0. The highest BCUT2D eigenvalue weighted by Gasteiger charge is 2.17. The predicted molar refractivity (Wildman–Crippen MR) is 78.3 cm³/mol. The van der Waals surface area contributed by atoms with Gasteiger partial charge >= 0.3 is 0 Å². The van der Waals surface area contributed by atoms with Gasteiger partial charge in [-0.1, -0.05) is 13.8 Å². The number of amides is 1. The highest BCUT2D eigenvalue weighted by Crippen LogP contribution is 2.26. The van der Waals surface area contributed by atoms with Crippen LogP contribution in [0, 0.1) is 5.92 Å². The highest BCUT2D eigenvalue weighted by atomic mass is 32.1. The number of hydrogen-bond donors (Lipinski definition) is 2. The van der Waals surface area contributed by atoms with E-state index >= 15 is 0 Å². The lowest BCUT2D eigenvalue weighted by atomic mass is 10.0. The Morgan fingerprint density at radius 2 is 2.16 bits per heavy atom. The first-order valence-corrected chi connectivity index (χ1v) is 7.90. The molecule has 0 radical (unpaired) electrons. The zero-order valence-corrected chi connectivity index (χ0v) is 12.6. The summed E-state index contributed by atoms with van der Waals surface area (Å²) >= 11 is 1.81. The van der Waals surface area contributed by atoms with E-state index in [0.29, 0.717) is 6.54 Å². The molecule has 0 fully saturated rings. The van der Waals surface area contributed by atoms with Gasteiger partial charge in [0, 0.05) is 17.8 Å². The summed E-state index contributed by atoms with van der Waals surface area (Å²) in [5.41, 5.74) is 7.08. The fraction of sp³-hybridized carbons (Fsp3) is 0.714. The number of nitrogens with zero attached hydrogens (tertiary/aromatic N) is 1. The van der Waals surface area contributed by atoms with Crippen molar-refractivity contribution in [1.29, 1.82) is 0 Å². The molecule has 3 N–H and O–H groups in total. The number of nitrogens with one attached hydrogen (secondary N) is 1. The van der Waals surface area contributed by atoms with Crippen LogP contribution in [0.5, 0.6) is 0 Å². The lowest BCUT2D eigenvalue weighted by Gasteiger charge is -2.14. The van der Waals surface area contributed by atoms with Gasteiger partial charge in [-0.15, -0.1) is 11.3 Å². The van der Waals surface area contributed by atoms with Crippen molar-refractivity contribution in [2.45, 2.75) is 52.0 Å². The van der Waals surface area contributed by atoms with Gasteiger partial charge in [0.2, 0.25) is 5.91 Å². The predicted octanol–water partition coefficient (Wildman–Crippen LogP) is 1.66. The Morgan fingerprint density at radius 1 is 1.42 bits per heavy atom. The van der Waals surface area contributed by atoms with Crippen LogP contribution in [-0.2, 0) is 24.1 Å². The number of thiazole rings is 1. The molecule has 1 aliphatic carbocycles. The topological polar surface area (TPSA) is 68.0 Å². The molecule has 106 valence electrons. The number of carbonyl (C=O) groups excluding carboxylic acids is 1. The third kappa shape index (κ3) is 3.76. The highest BCUT2D eigenvalue weighted by molar-refractivity contribution is 7.11. The van der Waals surface area contributed by atoms with Crippen LogP contribution in [0.15, 0.2) is 0 Å². The molecule has 1 aliphatic rings. The second-order valence-electron chi connectivity index (χ2n) is 5.50. The van der Waals surface area contributed by atoms with Crippen LogP contribution in [0.3, 0.4) is 0 Å². The third-order valence-electron chi connectivity index (χ3n) is 3.55. The molecule has 1 heterocycles. The maximum absolute atomic E-state index is 11.7. The first kappa shape index (κ1) is 14.5. The van der Waals surface area contributed by atoms with Crippen molar-refractivity contribution in [3.63, 3.8) is 0 Å². The number of carbonyl (C=O) groups is 1. The fourth-order valence-corrected chi connectivity index (χ4v) is 3.38. The van der Waals surface area contributed by atoms with Gasteiger partial charge in [-0.2, -0.15) is 0 Å². The van der Waals surface area contributed by atoms with Crippen LogP contribution in [0.1, 0.15) is 42.3 Å². The molecule has 19 heavy (non-hydrogen) atoms. The molecule has 0 saturated heterocycles. The molecule has 0 aliphatic heterocycles. The van der Waals surface area contributed by atoms with E-state index in [1.54, 1.807) is 0 Å². The summed E-state index contributed by atoms with van der Waals surface area (Å²) in [5.74, 6) is 0.114. The van der Waals surface area contributed by atoms with Crippen LogP contribution in [-0.4, -0.2) is 23.5 Å². The molecule has 0 bridgehead atoms. The standard InChI is InChI=1S/C14H23N3OS/c1-9(2)13(15)14(18)16-8-7-12-17-10-5-3-4-6-11(10)19-12/h9,13H,3-8,15H2,1-2H3,(H,16,18)/t13-/m0/s1. The van der Waals surface area contributed by atoms with Gasteiger partial charge in [0.05, 0.1) is 16.7 Å². The smallest absolute Gasteiger partial charge is 0.237 e. The van der Waals surface area contributed by atoms with E-state index in [9.17, 15) is 4.79 Å². The minimum Gasteiger partial charge on any atom is -0.354 e. The van der Waals surface area contributed by atoms with Crippen molar-refractivity contribution in [2.24, 2.45) is 11.7 Å². The van der Waals surface area contributed by atoms with E-state index in [0.717, 1.165) is 17.8 Å². The molecule has 1 aromatic heterocycles. The van der Waals surface area contributed by atoms with E-state index in [1.165, 1.54) is 29.8 Å². The first-order chi connectivity index (χ1) is 9.08. The summed E-state index contributed by atoms with van der Waals surface area (Å²) in [6, 6.07) is -0.412. The summed E-state index contributed by atoms with van der Waals surface area (Å²) in [6.45, 7) is 4.55. The van der Waals surface area contributed by atoms with Crippen molar-refractivity contribution in [3.05, 3.63) is 15.6 Å². The molecule has 0 saturated carbocycles. The quantitative estimate of drug-likeness (QED) is 0.862. The number of hydrogen-bond acceptors (Lipinski definition) is 4. The van der Waals surface area contributed by atoms with Crippen LogP contribution in [0.2, 0.25) is 0 Å². The number of fused-ring (bicyclic) bond motifs is 1. The normalized spacial score (nSPS) is 16.2. The van der Waals surface area contributed by atoms with Gasteiger partial charge in [-0.3, -0.25) is 4.79 Å². The summed E-state index contributed by atoms with van der Waals surface area (Å²) in [5, 5.41) is 4.04. The summed E-state index contributed by atoms with van der Waals surface area (Å²) in [6.07, 6.45) is 5.66. The Labute approximate surface area is 118 Å². The monoisotopic (exact) mass is 281 g/mol. The van der Waals surface area contributed by atoms with Gasteiger partial charge in [0.1, 0.15) is 0 Å².